The van der Waals surface area contributed by atoms with Crippen molar-refractivity contribution in [2.75, 3.05) is 31.6 Å². The molecule has 154 valence electrons. The molecule has 1 aromatic rings. The summed E-state index contributed by atoms with van der Waals surface area (Å²) >= 11 is 0. The number of hydrogen-bond acceptors (Lipinski definition) is 3. The van der Waals surface area contributed by atoms with Crippen LogP contribution in [-0.2, 0) is 16.1 Å². The van der Waals surface area contributed by atoms with Gasteiger partial charge in [0.25, 0.3) is 0 Å². The van der Waals surface area contributed by atoms with E-state index in [1.165, 1.54) is 0 Å². The third kappa shape index (κ3) is 12.6. The van der Waals surface area contributed by atoms with Crippen LogP contribution in [0.5, 0.6) is 0 Å². The summed E-state index contributed by atoms with van der Waals surface area (Å²) in [6.45, 7) is 9.89. The van der Waals surface area contributed by atoms with Crippen molar-refractivity contribution in [3.63, 3.8) is 0 Å². The Labute approximate surface area is 181 Å². The maximum atomic E-state index is 11.7. The number of rotatable bonds is 12. The lowest BCUT2D eigenvalue weighted by Crippen LogP contribution is -2.37. The number of carbonyl (C=O) groups is 1. The molecule has 0 aliphatic carbocycles. The summed E-state index contributed by atoms with van der Waals surface area (Å²) in [5.41, 5.74) is 1.89. The fourth-order valence-corrected chi connectivity index (χ4v) is 2.39. The van der Waals surface area contributed by atoms with Crippen molar-refractivity contribution in [2.24, 2.45) is 4.99 Å². The number of hydrogen-bond donors (Lipinski definition) is 3. The van der Waals surface area contributed by atoms with Crippen molar-refractivity contribution < 1.29 is 9.53 Å². The minimum Gasteiger partial charge on any atom is -0.382 e. The van der Waals surface area contributed by atoms with Gasteiger partial charge in [-0.2, -0.15) is 0 Å². The number of halogens is 1. The summed E-state index contributed by atoms with van der Waals surface area (Å²) in [5.74, 6) is 0.861. The Kier molecular flexibility index (Phi) is 16.0. The van der Waals surface area contributed by atoms with Crippen molar-refractivity contribution in [3.05, 3.63) is 29.8 Å². The van der Waals surface area contributed by atoms with Crippen LogP contribution in [0.2, 0.25) is 0 Å². The maximum absolute atomic E-state index is 11.7. The lowest BCUT2D eigenvalue weighted by Gasteiger charge is -2.11. The Morgan fingerprint density at radius 3 is 2.67 bits per heavy atom. The zero-order chi connectivity index (χ0) is 19.0. The third-order valence-electron chi connectivity index (χ3n) is 3.66. The van der Waals surface area contributed by atoms with Crippen molar-refractivity contribution in [3.8, 4) is 0 Å². The van der Waals surface area contributed by atoms with E-state index in [4.69, 9.17) is 4.74 Å². The summed E-state index contributed by atoms with van der Waals surface area (Å²) in [7, 11) is 0. The van der Waals surface area contributed by atoms with E-state index in [2.05, 4.69) is 27.9 Å². The molecule has 0 aliphatic heterocycles. The topological polar surface area (TPSA) is 74.8 Å². The van der Waals surface area contributed by atoms with E-state index in [0.29, 0.717) is 13.0 Å². The van der Waals surface area contributed by atoms with Crippen LogP contribution in [0.15, 0.2) is 29.3 Å². The molecule has 0 atom stereocenters. The van der Waals surface area contributed by atoms with E-state index in [1.54, 1.807) is 0 Å². The van der Waals surface area contributed by atoms with Crippen LogP contribution in [0.1, 0.15) is 52.0 Å². The Balaban J connectivity index is 0.00000676. The smallest absolute Gasteiger partial charge is 0.224 e. The number of benzene rings is 1. The molecule has 0 bridgehead atoms. The Morgan fingerprint density at radius 1 is 1.15 bits per heavy atom. The van der Waals surface area contributed by atoms with Crippen LogP contribution in [0.4, 0.5) is 5.69 Å². The average Bonchev–Trinajstić information content (AvgIpc) is 2.63. The van der Waals surface area contributed by atoms with E-state index in [-0.39, 0.29) is 29.9 Å². The standard InChI is InChI=1S/C20H34N4O2.HI/c1-4-10-19(25)24-18-12-9-11-17(15-18)16-23-20(21-5-2)22-13-7-8-14-26-6-3;/h9,11-12,15H,4-8,10,13-14,16H2,1-3H3,(H,24,25)(H2,21,22,23);1H. The fourth-order valence-electron chi connectivity index (χ4n) is 2.39. The van der Waals surface area contributed by atoms with Gasteiger partial charge in [0.15, 0.2) is 5.96 Å². The molecule has 0 heterocycles. The highest BCUT2D eigenvalue weighted by atomic mass is 127. The molecule has 7 heteroatoms. The van der Waals surface area contributed by atoms with Gasteiger partial charge in [-0.1, -0.05) is 19.1 Å². The summed E-state index contributed by atoms with van der Waals surface area (Å²) in [5, 5.41) is 9.53. The zero-order valence-corrected chi connectivity index (χ0v) is 19.2. The number of carbonyl (C=O) groups excluding carboxylic acids is 1. The van der Waals surface area contributed by atoms with E-state index >= 15 is 0 Å². The predicted octanol–water partition coefficient (Wildman–Crippen LogP) is 3.92. The molecule has 1 rings (SSSR count). The molecular weight excluding hydrogens is 455 g/mol. The quantitative estimate of drug-likeness (QED) is 0.180. The largest absolute Gasteiger partial charge is 0.382 e. The zero-order valence-electron chi connectivity index (χ0n) is 16.8. The predicted molar refractivity (Wildman–Crippen MR) is 124 cm³/mol. The molecule has 0 aliphatic rings. The fraction of sp³-hybridized carbons (Fsp3) is 0.600. The van der Waals surface area contributed by atoms with Gasteiger partial charge in [-0.3, -0.25) is 4.79 Å². The molecule has 6 nitrogen and oxygen atoms in total. The monoisotopic (exact) mass is 490 g/mol. The molecule has 1 amide bonds. The second-order valence-electron chi connectivity index (χ2n) is 6.02. The minimum atomic E-state index is 0. The number of anilines is 1. The van der Waals surface area contributed by atoms with Crippen LogP contribution < -0.4 is 16.0 Å². The molecule has 0 radical (unpaired) electrons. The first kappa shape index (κ1) is 25.6. The van der Waals surface area contributed by atoms with Gasteiger partial charge in [0.1, 0.15) is 0 Å². The first-order valence-corrected chi connectivity index (χ1v) is 9.68. The van der Waals surface area contributed by atoms with Gasteiger partial charge in [0, 0.05) is 38.4 Å². The van der Waals surface area contributed by atoms with Gasteiger partial charge in [0.05, 0.1) is 6.54 Å². The number of amides is 1. The molecule has 1 aromatic carbocycles. The van der Waals surface area contributed by atoms with E-state index in [9.17, 15) is 4.79 Å². The minimum absolute atomic E-state index is 0. The molecule has 0 spiro atoms. The molecule has 0 aromatic heterocycles. The van der Waals surface area contributed by atoms with E-state index in [1.807, 2.05) is 38.1 Å². The highest BCUT2D eigenvalue weighted by molar-refractivity contribution is 14.0. The van der Waals surface area contributed by atoms with E-state index in [0.717, 1.165) is 62.8 Å². The summed E-state index contributed by atoms with van der Waals surface area (Å²) < 4.78 is 5.34. The lowest BCUT2D eigenvalue weighted by atomic mass is 10.2. The van der Waals surface area contributed by atoms with Crippen LogP contribution >= 0.6 is 24.0 Å². The van der Waals surface area contributed by atoms with Gasteiger partial charge < -0.3 is 20.7 Å². The SMILES string of the molecule is CCCC(=O)Nc1cccc(CN=C(NCC)NCCCCOCC)c1.I. The van der Waals surface area contributed by atoms with Gasteiger partial charge in [0.2, 0.25) is 5.91 Å². The van der Waals surface area contributed by atoms with Crippen molar-refractivity contribution >= 4 is 41.5 Å². The third-order valence-corrected chi connectivity index (χ3v) is 3.66. The molecule has 27 heavy (non-hydrogen) atoms. The molecular formula is C20H35IN4O2. The average molecular weight is 490 g/mol. The molecule has 0 saturated carbocycles. The Morgan fingerprint density at radius 2 is 1.96 bits per heavy atom. The van der Waals surface area contributed by atoms with Crippen molar-refractivity contribution in [2.45, 2.75) is 53.0 Å². The van der Waals surface area contributed by atoms with Crippen LogP contribution in [0, 0.1) is 0 Å². The summed E-state index contributed by atoms with van der Waals surface area (Å²) in [6.07, 6.45) is 3.47. The highest BCUT2D eigenvalue weighted by Crippen LogP contribution is 2.12. The molecule has 0 saturated heterocycles. The first-order valence-electron chi connectivity index (χ1n) is 9.68. The van der Waals surface area contributed by atoms with Crippen LogP contribution in [-0.4, -0.2) is 38.2 Å². The maximum Gasteiger partial charge on any atom is 0.224 e. The summed E-state index contributed by atoms with van der Waals surface area (Å²) in [4.78, 5) is 16.3. The van der Waals surface area contributed by atoms with Crippen LogP contribution in [0.3, 0.4) is 0 Å². The highest BCUT2D eigenvalue weighted by Gasteiger charge is 2.02. The number of nitrogens with zero attached hydrogens (tertiary/aromatic N) is 1. The van der Waals surface area contributed by atoms with Crippen LogP contribution in [0.25, 0.3) is 0 Å². The van der Waals surface area contributed by atoms with Gasteiger partial charge in [-0.25, -0.2) is 4.99 Å². The second-order valence-corrected chi connectivity index (χ2v) is 6.02. The number of ether oxygens (including phenoxy) is 1. The van der Waals surface area contributed by atoms with Gasteiger partial charge >= 0.3 is 0 Å². The number of guanidine groups is 1. The molecule has 0 unspecified atom stereocenters. The second kappa shape index (κ2) is 16.8. The van der Waals surface area contributed by atoms with E-state index < -0.39 is 0 Å². The van der Waals surface area contributed by atoms with Crippen molar-refractivity contribution in [1.82, 2.24) is 10.6 Å². The Bertz CT molecular complexity index is 553. The van der Waals surface area contributed by atoms with Gasteiger partial charge in [-0.15, -0.1) is 24.0 Å². The van der Waals surface area contributed by atoms with Gasteiger partial charge in [-0.05, 0) is 50.8 Å². The lowest BCUT2D eigenvalue weighted by molar-refractivity contribution is -0.116. The Hall–Kier alpha value is -1.35. The van der Waals surface area contributed by atoms with Crippen molar-refractivity contribution in [1.29, 1.82) is 0 Å². The summed E-state index contributed by atoms with van der Waals surface area (Å²) in [6, 6.07) is 7.84. The number of nitrogens with one attached hydrogen (secondary N) is 3. The molecule has 3 N–H and O–H groups in total. The number of unbranched alkanes of at least 4 members (excludes halogenated alkanes) is 1. The normalized spacial score (nSPS) is 10.9. The molecule has 0 fully saturated rings. The first-order chi connectivity index (χ1) is 12.7. The number of aliphatic imine (C=N–C) groups is 1.